The zero-order valence-electron chi connectivity index (χ0n) is 14.2. The summed E-state index contributed by atoms with van der Waals surface area (Å²) < 4.78 is 27.2. The van der Waals surface area contributed by atoms with Crippen LogP contribution in [0.5, 0.6) is 0 Å². The molecular formula is C17H20N4O4S. The summed E-state index contributed by atoms with van der Waals surface area (Å²) in [5.41, 5.74) is 1.02. The van der Waals surface area contributed by atoms with Crippen LogP contribution in [0.4, 0.5) is 11.4 Å². The molecule has 0 saturated carbocycles. The summed E-state index contributed by atoms with van der Waals surface area (Å²) >= 11 is 0. The molecule has 9 heteroatoms. The predicted octanol–water partition coefficient (Wildman–Crippen LogP) is 2.43. The normalized spacial score (nSPS) is 15.1. The van der Waals surface area contributed by atoms with E-state index in [2.05, 4.69) is 10.3 Å². The lowest BCUT2D eigenvalue weighted by molar-refractivity contribution is -0.385. The highest BCUT2D eigenvalue weighted by Gasteiger charge is 2.30. The van der Waals surface area contributed by atoms with E-state index in [0.29, 0.717) is 31.7 Å². The zero-order valence-corrected chi connectivity index (χ0v) is 15.0. The van der Waals surface area contributed by atoms with Crippen LogP contribution in [0.3, 0.4) is 0 Å². The van der Waals surface area contributed by atoms with Crippen molar-refractivity contribution >= 4 is 21.4 Å². The summed E-state index contributed by atoms with van der Waals surface area (Å²) in [4.78, 5) is 14.7. The average Bonchev–Trinajstić information content (AvgIpc) is 3.18. The SMILES string of the molecule is O=[N+]([O-])c1ccc(NCCc2ccccn2)c(S(=O)(=O)N2CCCC2)c1. The molecule has 1 N–H and O–H groups in total. The number of nitrogens with one attached hydrogen (secondary N) is 1. The van der Waals surface area contributed by atoms with Crippen LogP contribution in [0, 0.1) is 10.1 Å². The number of aromatic nitrogens is 1. The summed E-state index contributed by atoms with van der Waals surface area (Å²) in [5.74, 6) is 0. The van der Waals surface area contributed by atoms with Gasteiger partial charge in [0, 0.05) is 50.1 Å². The summed E-state index contributed by atoms with van der Waals surface area (Å²) in [7, 11) is -3.77. The molecule has 2 aromatic rings. The number of benzene rings is 1. The van der Waals surface area contributed by atoms with Crippen molar-refractivity contribution in [3.63, 3.8) is 0 Å². The van der Waals surface area contributed by atoms with E-state index >= 15 is 0 Å². The molecule has 1 aromatic carbocycles. The van der Waals surface area contributed by atoms with Gasteiger partial charge in [-0.15, -0.1) is 0 Å². The standard InChI is InChI=1S/C17H20N4O4S/c22-21(23)15-6-7-16(19-10-8-14-5-1-2-9-18-14)17(13-15)26(24,25)20-11-3-4-12-20/h1-2,5-7,9,13,19H,3-4,8,10-12H2. The molecule has 0 bridgehead atoms. The Labute approximate surface area is 152 Å². The van der Waals surface area contributed by atoms with Gasteiger partial charge < -0.3 is 5.32 Å². The van der Waals surface area contributed by atoms with E-state index in [0.717, 1.165) is 24.6 Å². The highest BCUT2D eigenvalue weighted by Crippen LogP contribution is 2.30. The Balaban J connectivity index is 1.85. The van der Waals surface area contributed by atoms with Crippen LogP contribution in [0.1, 0.15) is 18.5 Å². The number of nitro groups is 1. The number of sulfonamides is 1. The van der Waals surface area contributed by atoms with Gasteiger partial charge in [0.25, 0.3) is 5.69 Å². The van der Waals surface area contributed by atoms with Crippen LogP contribution in [-0.4, -0.2) is 42.3 Å². The molecule has 2 heterocycles. The van der Waals surface area contributed by atoms with E-state index < -0.39 is 14.9 Å². The number of nitro benzene ring substituents is 1. The highest BCUT2D eigenvalue weighted by molar-refractivity contribution is 7.89. The number of anilines is 1. The summed E-state index contributed by atoms with van der Waals surface area (Å²) in [6.07, 6.45) is 3.92. The van der Waals surface area contributed by atoms with Crippen LogP contribution >= 0.6 is 0 Å². The molecule has 3 rings (SSSR count). The van der Waals surface area contributed by atoms with Crippen LogP contribution in [0.25, 0.3) is 0 Å². The lowest BCUT2D eigenvalue weighted by atomic mass is 10.2. The Morgan fingerprint density at radius 2 is 1.96 bits per heavy atom. The third kappa shape index (κ3) is 4.00. The topological polar surface area (TPSA) is 105 Å². The van der Waals surface area contributed by atoms with E-state index in [1.807, 2.05) is 18.2 Å². The molecule has 1 aliphatic rings. The Morgan fingerprint density at radius 3 is 2.62 bits per heavy atom. The largest absolute Gasteiger partial charge is 0.384 e. The first kappa shape index (κ1) is 18.3. The molecule has 0 atom stereocenters. The van der Waals surface area contributed by atoms with Crippen LogP contribution < -0.4 is 5.32 Å². The number of non-ortho nitro benzene ring substituents is 1. The molecule has 26 heavy (non-hydrogen) atoms. The fraction of sp³-hybridized carbons (Fsp3) is 0.353. The fourth-order valence-corrected chi connectivity index (χ4v) is 4.63. The third-order valence-electron chi connectivity index (χ3n) is 4.28. The lowest BCUT2D eigenvalue weighted by Gasteiger charge is -2.18. The highest BCUT2D eigenvalue weighted by atomic mass is 32.2. The molecule has 138 valence electrons. The van der Waals surface area contributed by atoms with Gasteiger partial charge in [0.1, 0.15) is 4.90 Å². The van der Waals surface area contributed by atoms with Crippen molar-refractivity contribution in [3.8, 4) is 0 Å². The summed E-state index contributed by atoms with van der Waals surface area (Å²) in [6.45, 7) is 1.36. The van der Waals surface area contributed by atoms with Gasteiger partial charge in [0.2, 0.25) is 10.0 Å². The monoisotopic (exact) mass is 376 g/mol. The first-order valence-electron chi connectivity index (χ1n) is 8.41. The zero-order chi connectivity index (χ0) is 18.6. The number of rotatable bonds is 7. The van der Waals surface area contributed by atoms with Crippen molar-refractivity contribution in [1.29, 1.82) is 0 Å². The van der Waals surface area contributed by atoms with E-state index in [1.165, 1.54) is 16.4 Å². The van der Waals surface area contributed by atoms with E-state index in [4.69, 9.17) is 0 Å². The molecule has 0 radical (unpaired) electrons. The van der Waals surface area contributed by atoms with E-state index in [-0.39, 0.29) is 10.6 Å². The number of hydrogen-bond acceptors (Lipinski definition) is 6. The van der Waals surface area contributed by atoms with Gasteiger partial charge in [0.05, 0.1) is 10.6 Å². The maximum absolute atomic E-state index is 12.9. The van der Waals surface area contributed by atoms with Gasteiger partial charge in [-0.25, -0.2) is 8.42 Å². The Morgan fingerprint density at radius 1 is 1.19 bits per heavy atom. The van der Waals surface area contributed by atoms with Crippen LogP contribution in [0.2, 0.25) is 0 Å². The van der Waals surface area contributed by atoms with Crippen LogP contribution in [0.15, 0.2) is 47.5 Å². The van der Waals surface area contributed by atoms with Crippen molar-refractivity contribution in [2.75, 3.05) is 25.0 Å². The molecule has 0 aliphatic carbocycles. The third-order valence-corrected chi connectivity index (χ3v) is 6.22. The molecule has 8 nitrogen and oxygen atoms in total. The second kappa shape index (κ2) is 7.79. The second-order valence-corrected chi connectivity index (χ2v) is 7.95. The van der Waals surface area contributed by atoms with Gasteiger partial charge in [-0.05, 0) is 31.0 Å². The van der Waals surface area contributed by atoms with Gasteiger partial charge in [0.15, 0.2) is 0 Å². The van der Waals surface area contributed by atoms with E-state index in [1.54, 1.807) is 6.20 Å². The molecule has 0 amide bonds. The fourth-order valence-electron chi connectivity index (χ4n) is 2.92. The van der Waals surface area contributed by atoms with Gasteiger partial charge >= 0.3 is 0 Å². The lowest BCUT2D eigenvalue weighted by Crippen LogP contribution is -2.28. The molecular weight excluding hydrogens is 356 g/mol. The van der Waals surface area contributed by atoms with Crippen LogP contribution in [-0.2, 0) is 16.4 Å². The molecule has 0 unspecified atom stereocenters. The number of pyridine rings is 1. The number of hydrogen-bond donors (Lipinski definition) is 1. The van der Waals surface area contributed by atoms with Crippen molar-refractivity contribution in [2.45, 2.75) is 24.2 Å². The molecule has 1 aromatic heterocycles. The van der Waals surface area contributed by atoms with Gasteiger partial charge in [-0.3, -0.25) is 15.1 Å². The minimum atomic E-state index is -3.77. The van der Waals surface area contributed by atoms with E-state index in [9.17, 15) is 18.5 Å². The first-order valence-corrected chi connectivity index (χ1v) is 9.85. The Hall–Kier alpha value is -2.52. The minimum absolute atomic E-state index is 0.0466. The quantitative estimate of drug-likeness (QED) is 0.588. The maximum Gasteiger partial charge on any atom is 0.270 e. The van der Waals surface area contributed by atoms with Crippen molar-refractivity contribution in [2.24, 2.45) is 0 Å². The predicted molar refractivity (Wildman–Crippen MR) is 97.5 cm³/mol. The molecule has 1 aliphatic heterocycles. The molecule has 1 fully saturated rings. The first-order chi connectivity index (χ1) is 12.5. The van der Waals surface area contributed by atoms with Crippen molar-refractivity contribution in [3.05, 3.63) is 58.4 Å². The molecule has 1 saturated heterocycles. The van der Waals surface area contributed by atoms with Crippen molar-refractivity contribution < 1.29 is 13.3 Å². The summed E-state index contributed by atoms with van der Waals surface area (Å²) in [5, 5.41) is 14.2. The second-order valence-electron chi connectivity index (χ2n) is 6.05. The Bertz CT molecular complexity index is 881. The smallest absolute Gasteiger partial charge is 0.270 e. The van der Waals surface area contributed by atoms with Gasteiger partial charge in [-0.1, -0.05) is 6.07 Å². The molecule has 0 spiro atoms. The number of nitrogens with zero attached hydrogens (tertiary/aromatic N) is 3. The van der Waals surface area contributed by atoms with Crippen molar-refractivity contribution in [1.82, 2.24) is 9.29 Å². The average molecular weight is 376 g/mol. The summed E-state index contributed by atoms with van der Waals surface area (Å²) in [6, 6.07) is 9.51. The maximum atomic E-state index is 12.9. The Kier molecular flexibility index (Phi) is 5.48. The minimum Gasteiger partial charge on any atom is -0.384 e. The van der Waals surface area contributed by atoms with Gasteiger partial charge in [-0.2, -0.15) is 4.31 Å².